The Kier molecular flexibility index (Phi) is 3.48. The fourth-order valence-corrected chi connectivity index (χ4v) is 3.60. The Morgan fingerprint density at radius 3 is 2.50 bits per heavy atom. The van der Waals surface area contributed by atoms with Gasteiger partial charge in [-0.3, -0.25) is 4.79 Å². The second-order valence-electron chi connectivity index (χ2n) is 6.82. The average Bonchev–Trinajstić information content (AvgIpc) is 2.36. The first-order chi connectivity index (χ1) is 9.52. The molecule has 0 radical (unpaired) electrons. The van der Waals surface area contributed by atoms with Gasteiger partial charge in [-0.15, -0.1) is 0 Å². The van der Waals surface area contributed by atoms with Crippen molar-refractivity contribution < 1.29 is 4.79 Å². The highest BCUT2D eigenvalue weighted by Gasteiger charge is 2.27. The van der Waals surface area contributed by atoms with Crippen molar-refractivity contribution in [3.8, 4) is 0 Å². The minimum absolute atomic E-state index is 0.200. The summed E-state index contributed by atoms with van der Waals surface area (Å²) in [7, 11) is 0. The minimum Gasteiger partial charge on any atom is -0.340 e. The Morgan fingerprint density at radius 1 is 1.10 bits per heavy atom. The van der Waals surface area contributed by atoms with E-state index < -0.39 is 0 Å². The predicted molar refractivity (Wildman–Crippen MR) is 79.0 cm³/mol. The van der Waals surface area contributed by atoms with Crippen LogP contribution in [-0.4, -0.2) is 28.8 Å². The number of carbonyl (C=O) groups excluding carboxylic acids is 1. The second-order valence-corrected chi connectivity index (χ2v) is 6.82. The third kappa shape index (κ3) is 2.56. The van der Waals surface area contributed by atoms with Crippen LogP contribution < -0.4 is 4.90 Å². The lowest BCUT2D eigenvalue weighted by Gasteiger charge is -2.35. The van der Waals surface area contributed by atoms with Gasteiger partial charge in [0.15, 0.2) is 5.78 Å². The normalized spacial score (nSPS) is 30.2. The van der Waals surface area contributed by atoms with Crippen LogP contribution in [-0.2, 0) is 6.42 Å². The zero-order valence-electron chi connectivity index (χ0n) is 12.6. The van der Waals surface area contributed by atoms with Crippen molar-refractivity contribution in [2.24, 2.45) is 17.8 Å². The lowest BCUT2D eigenvalue weighted by atomic mass is 9.88. The summed E-state index contributed by atoms with van der Waals surface area (Å²) in [6.07, 6.45) is 4.55. The zero-order valence-corrected chi connectivity index (χ0v) is 12.6. The summed E-state index contributed by atoms with van der Waals surface area (Å²) >= 11 is 0. The molecule has 3 rings (SSSR count). The molecule has 2 heterocycles. The van der Waals surface area contributed by atoms with E-state index in [1.807, 2.05) is 0 Å². The second kappa shape index (κ2) is 5.15. The van der Waals surface area contributed by atoms with Crippen molar-refractivity contribution in [3.63, 3.8) is 0 Å². The molecule has 0 aromatic carbocycles. The van der Waals surface area contributed by atoms with Crippen LogP contribution in [0.25, 0.3) is 0 Å². The summed E-state index contributed by atoms with van der Waals surface area (Å²) in [6, 6.07) is 0. The number of fused-ring (bicyclic) bond motifs is 1. The molecule has 0 saturated carbocycles. The van der Waals surface area contributed by atoms with E-state index in [1.54, 1.807) is 6.20 Å². The van der Waals surface area contributed by atoms with Gasteiger partial charge in [0, 0.05) is 25.7 Å². The molecular weight excluding hydrogens is 250 g/mol. The Hall–Kier alpha value is -1.45. The number of hydrogen-bond acceptors (Lipinski definition) is 4. The van der Waals surface area contributed by atoms with E-state index in [1.165, 1.54) is 6.42 Å². The molecular formula is C16H23N3O. The van der Waals surface area contributed by atoms with Crippen molar-refractivity contribution in [3.05, 3.63) is 17.5 Å². The summed E-state index contributed by atoms with van der Waals surface area (Å²) in [5.41, 5.74) is 1.69. The smallest absolute Gasteiger partial charge is 0.225 e. The predicted octanol–water partition coefficient (Wildman–Crippen LogP) is 2.72. The van der Waals surface area contributed by atoms with Gasteiger partial charge < -0.3 is 4.90 Å². The fraction of sp³-hybridized carbons (Fsp3) is 0.688. The minimum atomic E-state index is 0.200. The molecule has 0 spiro atoms. The van der Waals surface area contributed by atoms with Gasteiger partial charge in [-0.1, -0.05) is 20.8 Å². The van der Waals surface area contributed by atoms with E-state index in [0.717, 1.165) is 36.7 Å². The average molecular weight is 273 g/mol. The Bertz CT molecular complexity index is 518. The third-order valence-corrected chi connectivity index (χ3v) is 4.38. The molecule has 108 valence electrons. The Morgan fingerprint density at radius 2 is 1.80 bits per heavy atom. The van der Waals surface area contributed by atoms with Gasteiger partial charge in [-0.25, -0.2) is 9.97 Å². The molecule has 3 atom stereocenters. The van der Waals surface area contributed by atoms with Gasteiger partial charge in [-0.2, -0.15) is 0 Å². The summed E-state index contributed by atoms with van der Waals surface area (Å²) < 4.78 is 0. The van der Waals surface area contributed by atoms with Gasteiger partial charge in [0.1, 0.15) is 0 Å². The van der Waals surface area contributed by atoms with Gasteiger partial charge in [-0.05, 0) is 30.6 Å². The van der Waals surface area contributed by atoms with Crippen molar-refractivity contribution in [1.29, 1.82) is 0 Å². The third-order valence-electron chi connectivity index (χ3n) is 4.38. The summed E-state index contributed by atoms with van der Waals surface area (Å²) in [5, 5.41) is 0. The molecule has 1 fully saturated rings. The molecule has 1 aromatic rings. The van der Waals surface area contributed by atoms with E-state index in [0.29, 0.717) is 24.2 Å². The molecule has 20 heavy (non-hydrogen) atoms. The number of ketones is 1. The van der Waals surface area contributed by atoms with Gasteiger partial charge >= 0.3 is 0 Å². The Labute approximate surface area is 120 Å². The number of aromatic nitrogens is 2. The van der Waals surface area contributed by atoms with Gasteiger partial charge in [0.2, 0.25) is 5.95 Å². The fourth-order valence-electron chi connectivity index (χ4n) is 3.60. The molecule has 4 nitrogen and oxygen atoms in total. The first-order valence-corrected chi connectivity index (χ1v) is 7.67. The van der Waals surface area contributed by atoms with E-state index in [-0.39, 0.29) is 5.78 Å². The van der Waals surface area contributed by atoms with Gasteiger partial charge in [0.05, 0.1) is 11.3 Å². The van der Waals surface area contributed by atoms with E-state index in [4.69, 9.17) is 4.98 Å². The molecule has 0 bridgehead atoms. The van der Waals surface area contributed by atoms with Crippen LogP contribution in [0.15, 0.2) is 6.20 Å². The number of carbonyl (C=O) groups is 1. The number of hydrogen-bond donors (Lipinski definition) is 0. The highest BCUT2D eigenvalue weighted by Crippen LogP contribution is 2.27. The lowest BCUT2D eigenvalue weighted by Crippen LogP contribution is -2.40. The highest BCUT2D eigenvalue weighted by atomic mass is 16.1. The van der Waals surface area contributed by atoms with E-state index >= 15 is 0 Å². The molecule has 0 unspecified atom stereocenters. The number of Topliss-reactive ketones (excluding diaryl/α,β-unsaturated/α-hetero) is 1. The highest BCUT2D eigenvalue weighted by molar-refractivity contribution is 5.98. The van der Waals surface area contributed by atoms with Crippen LogP contribution in [0, 0.1) is 17.8 Å². The monoisotopic (exact) mass is 273 g/mol. The maximum Gasteiger partial charge on any atom is 0.225 e. The van der Waals surface area contributed by atoms with Crippen molar-refractivity contribution in [1.82, 2.24) is 9.97 Å². The van der Waals surface area contributed by atoms with Crippen LogP contribution in [0.4, 0.5) is 5.95 Å². The molecule has 2 aliphatic rings. The number of anilines is 1. The van der Waals surface area contributed by atoms with Crippen LogP contribution in [0.2, 0.25) is 0 Å². The number of piperidine rings is 1. The zero-order chi connectivity index (χ0) is 14.3. The maximum atomic E-state index is 12.0. The molecule has 4 heteroatoms. The van der Waals surface area contributed by atoms with Gasteiger partial charge in [0.25, 0.3) is 0 Å². The lowest BCUT2D eigenvalue weighted by molar-refractivity contribution is 0.0951. The van der Waals surface area contributed by atoms with Crippen molar-refractivity contribution in [2.75, 3.05) is 18.0 Å². The molecule has 1 saturated heterocycles. The summed E-state index contributed by atoms with van der Waals surface area (Å²) in [6.45, 7) is 8.73. The standard InChI is InChI=1S/C16H23N3O/c1-10-5-14-13(15(20)6-10)7-17-16(18-14)19-8-11(2)4-12(3)9-19/h7,10-12H,4-6,8-9H2,1-3H3/t10-,11+,12+/m1/s1. The molecule has 1 aliphatic heterocycles. The van der Waals surface area contributed by atoms with Crippen molar-refractivity contribution >= 4 is 11.7 Å². The first kappa shape index (κ1) is 13.5. The van der Waals surface area contributed by atoms with Crippen LogP contribution in [0.5, 0.6) is 0 Å². The molecule has 1 aromatic heterocycles. The molecule has 1 aliphatic carbocycles. The topological polar surface area (TPSA) is 46.1 Å². The van der Waals surface area contributed by atoms with Crippen LogP contribution >= 0.6 is 0 Å². The summed E-state index contributed by atoms with van der Waals surface area (Å²) in [5.74, 6) is 2.77. The van der Waals surface area contributed by atoms with Crippen LogP contribution in [0.1, 0.15) is 49.7 Å². The maximum absolute atomic E-state index is 12.0. The first-order valence-electron chi connectivity index (χ1n) is 7.67. The number of nitrogens with zero attached hydrogens (tertiary/aromatic N) is 3. The van der Waals surface area contributed by atoms with Crippen molar-refractivity contribution in [2.45, 2.75) is 40.0 Å². The SMILES string of the molecule is C[C@H]1CC(=O)c2cnc(N3C[C@@H](C)C[C@H](C)C3)nc2C1. The molecule has 0 N–H and O–H groups in total. The number of rotatable bonds is 1. The molecule has 0 amide bonds. The Balaban J connectivity index is 1.88. The van der Waals surface area contributed by atoms with Crippen LogP contribution in [0.3, 0.4) is 0 Å². The quantitative estimate of drug-likeness (QED) is 0.789. The van der Waals surface area contributed by atoms with E-state index in [2.05, 4.69) is 30.7 Å². The largest absolute Gasteiger partial charge is 0.340 e. The summed E-state index contributed by atoms with van der Waals surface area (Å²) in [4.78, 5) is 23.4. The van der Waals surface area contributed by atoms with E-state index in [9.17, 15) is 4.79 Å².